The first-order chi connectivity index (χ1) is 11.7. The maximum atomic E-state index is 6.37. The van der Waals surface area contributed by atoms with E-state index in [-0.39, 0.29) is 0 Å². The van der Waals surface area contributed by atoms with Gasteiger partial charge in [0.25, 0.3) is 0 Å². The molecule has 0 atom stereocenters. The molecular formula is C19H19NO2S2. The highest BCUT2D eigenvalue weighted by Crippen LogP contribution is 2.49. The van der Waals surface area contributed by atoms with Gasteiger partial charge < -0.3 is 15.2 Å². The zero-order valence-electron chi connectivity index (χ0n) is 13.8. The normalized spacial score (nSPS) is 10.6. The van der Waals surface area contributed by atoms with Gasteiger partial charge in [-0.3, -0.25) is 0 Å². The lowest BCUT2D eigenvalue weighted by molar-refractivity contribution is 0.394. The molecule has 0 aliphatic carbocycles. The Bertz CT molecular complexity index is 822. The molecule has 2 N–H and O–H groups in total. The number of hydrogen-bond donors (Lipinski definition) is 1. The van der Waals surface area contributed by atoms with Crippen LogP contribution in [0.25, 0.3) is 22.3 Å². The van der Waals surface area contributed by atoms with Crippen molar-refractivity contribution < 1.29 is 9.47 Å². The van der Waals surface area contributed by atoms with E-state index >= 15 is 0 Å². The molecule has 2 aromatic carbocycles. The Morgan fingerprint density at radius 1 is 0.875 bits per heavy atom. The number of methoxy groups -OCH3 is 2. The van der Waals surface area contributed by atoms with E-state index in [1.165, 1.54) is 4.21 Å². The fourth-order valence-corrected chi connectivity index (χ4v) is 4.55. The van der Waals surface area contributed by atoms with Crippen LogP contribution < -0.4 is 15.2 Å². The number of nitrogen functional groups attached to an aromatic ring is 1. The summed E-state index contributed by atoms with van der Waals surface area (Å²) < 4.78 is 12.0. The minimum absolute atomic E-state index is 0.764. The van der Waals surface area contributed by atoms with Crippen molar-refractivity contribution in [2.45, 2.75) is 4.21 Å². The molecule has 0 fully saturated rings. The maximum absolute atomic E-state index is 6.37. The number of nitrogens with two attached hydrogens (primary N) is 1. The third-order valence-corrected chi connectivity index (χ3v) is 5.93. The molecule has 0 saturated heterocycles. The highest BCUT2D eigenvalue weighted by Gasteiger charge is 2.20. The van der Waals surface area contributed by atoms with E-state index < -0.39 is 0 Å². The second-order valence-electron chi connectivity index (χ2n) is 5.18. The molecule has 3 rings (SSSR count). The lowest BCUT2D eigenvalue weighted by atomic mass is 9.98. The topological polar surface area (TPSA) is 44.5 Å². The number of ether oxygens (including phenoxy) is 2. The second kappa shape index (κ2) is 7.20. The molecule has 0 aliphatic rings. The van der Waals surface area contributed by atoms with Crippen molar-refractivity contribution >= 4 is 28.1 Å². The van der Waals surface area contributed by atoms with Gasteiger partial charge in [0.1, 0.15) is 11.5 Å². The van der Waals surface area contributed by atoms with Crippen LogP contribution >= 0.6 is 23.1 Å². The van der Waals surface area contributed by atoms with Gasteiger partial charge in [-0.05, 0) is 29.5 Å². The van der Waals surface area contributed by atoms with Crippen molar-refractivity contribution in [3.05, 3.63) is 48.5 Å². The SMILES string of the molecule is COc1cc(OC)cc(-c2c(SC)sc(N)c2-c2ccccc2)c1. The first-order valence-corrected chi connectivity index (χ1v) is 9.47. The van der Waals surface area contributed by atoms with Gasteiger partial charge in [-0.1, -0.05) is 30.3 Å². The number of thioether (sulfide) groups is 1. The Labute approximate surface area is 150 Å². The summed E-state index contributed by atoms with van der Waals surface area (Å²) in [6, 6.07) is 16.2. The predicted molar refractivity (Wildman–Crippen MR) is 104 cm³/mol. The molecular weight excluding hydrogens is 338 g/mol. The second-order valence-corrected chi connectivity index (χ2v) is 7.30. The minimum Gasteiger partial charge on any atom is -0.497 e. The molecule has 1 aromatic heterocycles. The quantitative estimate of drug-likeness (QED) is 0.621. The van der Waals surface area contributed by atoms with Crippen LogP contribution in [-0.4, -0.2) is 20.5 Å². The third kappa shape index (κ3) is 3.09. The molecule has 124 valence electrons. The predicted octanol–water partition coefficient (Wildman–Crippen LogP) is 5.40. The average Bonchev–Trinajstić information content (AvgIpc) is 2.98. The van der Waals surface area contributed by atoms with Gasteiger partial charge in [0, 0.05) is 17.2 Å². The van der Waals surface area contributed by atoms with E-state index in [2.05, 4.69) is 18.4 Å². The van der Waals surface area contributed by atoms with Gasteiger partial charge in [-0.2, -0.15) is 0 Å². The number of hydrogen-bond acceptors (Lipinski definition) is 5. The molecule has 5 heteroatoms. The monoisotopic (exact) mass is 357 g/mol. The van der Waals surface area contributed by atoms with Gasteiger partial charge in [-0.25, -0.2) is 0 Å². The lowest BCUT2D eigenvalue weighted by Crippen LogP contribution is -1.91. The van der Waals surface area contributed by atoms with Gasteiger partial charge >= 0.3 is 0 Å². The van der Waals surface area contributed by atoms with Crippen molar-refractivity contribution in [3.63, 3.8) is 0 Å². The average molecular weight is 358 g/mol. The number of thiophene rings is 1. The molecule has 0 bridgehead atoms. The van der Waals surface area contributed by atoms with Crippen LogP contribution in [0.2, 0.25) is 0 Å². The summed E-state index contributed by atoms with van der Waals surface area (Å²) in [7, 11) is 3.32. The Kier molecular flexibility index (Phi) is 5.02. The standard InChI is InChI=1S/C19H19NO2S2/c1-21-14-9-13(10-15(11-14)22-2)17-16(12-7-5-4-6-8-12)18(20)24-19(17)23-3/h4-11H,20H2,1-3H3. The van der Waals surface area contributed by atoms with Gasteiger partial charge in [0.15, 0.2) is 0 Å². The Hall–Kier alpha value is -2.11. The van der Waals surface area contributed by atoms with Crippen LogP contribution in [0.3, 0.4) is 0 Å². The van der Waals surface area contributed by atoms with Crippen LogP contribution in [-0.2, 0) is 0 Å². The third-order valence-electron chi connectivity index (χ3n) is 3.79. The van der Waals surface area contributed by atoms with Crippen molar-refractivity contribution in [2.24, 2.45) is 0 Å². The first kappa shape index (κ1) is 16.7. The zero-order valence-corrected chi connectivity index (χ0v) is 15.5. The number of benzene rings is 2. The van der Waals surface area contributed by atoms with Crippen molar-refractivity contribution in [1.29, 1.82) is 0 Å². The van der Waals surface area contributed by atoms with Crippen LogP contribution in [0.1, 0.15) is 0 Å². The number of rotatable bonds is 5. The summed E-state index contributed by atoms with van der Waals surface area (Å²) in [6.07, 6.45) is 2.07. The van der Waals surface area contributed by atoms with Gasteiger partial charge in [0.05, 0.1) is 23.4 Å². The molecule has 3 nitrogen and oxygen atoms in total. The first-order valence-electron chi connectivity index (χ1n) is 7.43. The molecule has 0 spiro atoms. The largest absolute Gasteiger partial charge is 0.497 e. The fourth-order valence-electron chi connectivity index (χ4n) is 2.68. The Morgan fingerprint density at radius 2 is 1.50 bits per heavy atom. The maximum Gasteiger partial charge on any atom is 0.123 e. The molecule has 0 unspecified atom stereocenters. The summed E-state index contributed by atoms with van der Waals surface area (Å²) in [5.74, 6) is 1.53. The summed E-state index contributed by atoms with van der Waals surface area (Å²) in [6.45, 7) is 0. The number of anilines is 1. The smallest absolute Gasteiger partial charge is 0.123 e. The van der Waals surface area contributed by atoms with Crippen LogP contribution in [0.4, 0.5) is 5.00 Å². The minimum atomic E-state index is 0.764. The summed E-state index contributed by atoms with van der Waals surface area (Å²) in [4.78, 5) is 0. The molecule has 3 aromatic rings. The van der Waals surface area contributed by atoms with E-state index in [1.807, 2.05) is 36.4 Å². The van der Waals surface area contributed by atoms with E-state index in [0.717, 1.165) is 38.8 Å². The molecule has 1 heterocycles. The summed E-state index contributed by atoms with van der Waals surface area (Å²) >= 11 is 3.32. The van der Waals surface area contributed by atoms with Gasteiger partial charge in [-0.15, -0.1) is 23.1 Å². The zero-order chi connectivity index (χ0) is 17.1. The fraction of sp³-hybridized carbons (Fsp3) is 0.158. The van der Waals surface area contributed by atoms with Crippen molar-refractivity contribution in [3.8, 4) is 33.8 Å². The Balaban J connectivity index is 2.28. The van der Waals surface area contributed by atoms with E-state index in [4.69, 9.17) is 15.2 Å². The molecule has 0 amide bonds. The lowest BCUT2D eigenvalue weighted by Gasteiger charge is -2.12. The van der Waals surface area contributed by atoms with Crippen molar-refractivity contribution in [2.75, 3.05) is 26.2 Å². The van der Waals surface area contributed by atoms with Crippen LogP contribution in [0.15, 0.2) is 52.7 Å². The van der Waals surface area contributed by atoms with E-state index in [1.54, 1.807) is 37.3 Å². The summed E-state index contributed by atoms with van der Waals surface area (Å²) in [5.41, 5.74) is 10.7. The highest BCUT2D eigenvalue weighted by molar-refractivity contribution is 8.00. The van der Waals surface area contributed by atoms with Gasteiger partial charge in [0.2, 0.25) is 0 Å². The van der Waals surface area contributed by atoms with Crippen LogP contribution in [0.5, 0.6) is 11.5 Å². The molecule has 0 radical (unpaired) electrons. The summed E-state index contributed by atoms with van der Waals surface area (Å²) in [5, 5.41) is 0.822. The van der Waals surface area contributed by atoms with E-state index in [9.17, 15) is 0 Å². The van der Waals surface area contributed by atoms with Crippen LogP contribution in [0, 0.1) is 0 Å². The molecule has 24 heavy (non-hydrogen) atoms. The highest BCUT2D eigenvalue weighted by atomic mass is 32.2. The Morgan fingerprint density at radius 3 is 2.04 bits per heavy atom. The molecule has 0 aliphatic heterocycles. The molecule has 0 saturated carbocycles. The van der Waals surface area contributed by atoms with Crippen molar-refractivity contribution in [1.82, 2.24) is 0 Å². The van der Waals surface area contributed by atoms with E-state index in [0.29, 0.717) is 0 Å².